The first-order valence-corrected chi connectivity index (χ1v) is 5.12. The predicted octanol–water partition coefficient (Wildman–Crippen LogP) is 1.00. The Morgan fingerprint density at radius 3 is 3.00 bits per heavy atom. The first kappa shape index (κ1) is 11.1. The van der Waals surface area contributed by atoms with Crippen molar-refractivity contribution in [3.63, 3.8) is 0 Å². The third-order valence-corrected chi connectivity index (χ3v) is 2.24. The van der Waals surface area contributed by atoms with Crippen molar-refractivity contribution in [2.75, 3.05) is 5.73 Å². The fourth-order valence-corrected chi connectivity index (χ4v) is 1.42. The number of nitrogens with zero attached hydrogens (tertiary/aromatic N) is 3. The second-order valence-electron chi connectivity index (χ2n) is 3.60. The molecule has 3 N–H and O–H groups in total. The van der Waals surface area contributed by atoms with Crippen LogP contribution in [-0.2, 0) is 11.3 Å². The molecule has 0 fully saturated rings. The van der Waals surface area contributed by atoms with E-state index in [9.17, 15) is 4.79 Å². The van der Waals surface area contributed by atoms with Crippen molar-refractivity contribution in [3.05, 3.63) is 30.6 Å². The first-order valence-electron chi connectivity index (χ1n) is 5.12. The van der Waals surface area contributed by atoms with Gasteiger partial charge in [-0.1, -0.05) is 12.1 Å². The number of aromatic nitrogens is 3. The van der Waals surface area contributed by atoms with Gasteiger partial charge in [0.1, 0.15) is 6.33 Å². The van der Waals surface area contributed by atoms with Gasteiger partial charge < -0.3 is 10.8 Å². The standard InChI is InChI=1S/C11H12N4O2/c12-9-3-1-2-8(6-9)11-13-7-15(14-11)5-4-10(16)17/h1-3,6-7H,4-5,12H2,(H,16,17). The van der Waals surface area contributed by atoms with E-state index in [0.29, 0.717) is 18.1 Å². The number of aliphatic carboxylic acids is 1. The predicted molar refractivity (Wildman–Crippen MR) is 62.1 cm³/mol. The Hall–Kier alpha value is -2.37. The van der Waals surface area contributed by atoms with E-state index in [0.717, 1.165) is 5.56 Å². The van der Waals surface area contributed by atoms with Gasteiger partial charge in [0, 0.05) is 11.3 Å². The summed E-state index contributed by atoms with van der Waals surface area (Å²) in [6.07, 6.45) is 1.54. The van der Waals surface area contributed by atoms with Crippen LogP contribution in [0.25, 0.3) is 11.4 Å². The topological polar surface area (TPSA) is 94.0 Å². The van der Waals surface area contributed by atoms with Crippen LogP contribution in [0, 0.1) is 0 Å². The van der Waals surface area contributed by atoms with E-state index < -0.39 is 5.97 Å². The van der Waals surface area contributed by atoms with E-state index in [1.807, 2.05) is 12.1 Å². The molecule has 1 aromatic carbocycles. The maximum atomic E-state index is 10.4. The Kier molecular flexibility index (Phi) is 3.04. The van der Waals surface area contributed by atoms with Gasteiger partial charge in [-0.2, -0.15) is 5.10 Å². The zero-order valence-corrected chi connectivity index (χ0v) is 9.08. The lowest BCUT2D eigenvalue weighted by Crippen LogP contribution is -2.04. The molecule has 6 heteroatoms. The van der Waals surface area contributed by atoms with Crippen LogP contribution in [0.15, 0.2) is 30.6 Å². The number of nitrogens with two attached hydrogens (primary N) is 1. The molecular formula is C11H12N4O2. The number of carboxylic acids is 1. The molecule has 0 amide bonds. The summed E-state index contributed by atoms with van der Waals surface area (Å²) in [6.45, 7) is 0.310. The lowest BCUT2D eigenvalue weighted by atomic mass is 10.2. The number of carboxylic acid groups (broad SMARTS) is 1. The number of hydrogen-bond donors (Lipinski definition) is 2. The zero-order valence-electron chi connectivity index (χ0n) is 9.08. The van der Waals surface area contributed by atoms with E-state index in [2.05, 4.69) is 10.1 Å². The molecule has 0 saturated heterocycles. The van der Waals surface area contributed by atoms with E-state index >= 15 is 0 Å². The van der Waals surface area contributed by atoms with Crippen LogP contribution in [0.1, 0.15) is 6.42 Å². The minimum atomic E-state index is -0.856. The largest absolute Gasteiger partial charge is 0.481 e. The Morgan fingerprint density at radius 1 is 1.47 bits per heavy atom. The van der Waals surface area contributed by atoms with Crippen LogP contribution in [0.5, 0.6) is 0 Å². The van der Waals surface area contributed by atoms with Crippen LogP contribution in [0.4, 0.5) is 5.69 Å². The van der Waals surface area contributed by atoms with Crippen LogP contribution in [-0.4, -0.2) is 25.8 Å². The highest BCUT2D eigenvalue weighted by Crippen LogP contribution is 2.16. The van der Waals surface area contributed by atoms with Crippen molar-refractivity contribution >= 4 is 11.7 Å². The molecule has 1 aromatic heterocycles. The van der Waals surface area contributed by atoms with Crippen molar-refractivity contribution in [2.24, 2.45) is 0 Å². The van der Waals surface area contributed by atoms with Crippen LogP contribution in [0.3, 0.4) is 0 Å². The molecule has 88 valence electrons. The molecule has 0 saturated carbocycles. The smallest absolute Gasteiger partial charge is 0.305 e. The fraction of sp³-hybridized carbons (Fsp3) is 0.182. The second-order valence-corrected chi connectivity index (χ2v) is 3.60. The first-order chi connectivity index (χ1) is 8.15. The maximum absolute atomic E-state index is 10.4. The Balaban J connectivity index is 2.15. The van der Waals surface area contributed by atoms with Gasteiger partial charge >= 0.3 is 5.97 Å². The summed E-state index contributed by atoms with van der Waals surface area (Å²) < 4.78 is 1.51. The highest BCUT2D eigenvalue weighted by Gasteiger charge is 2.05. The number of anilines is 1. The third kappa shape index (κ3) is 2.81. The number of rotatable bonds is 4. The van der Waals surface area contributed by atoms with Gasteiger partial charge in [0.2, 0.25) is 0 Å². The zero-order chi connectivity index (χ0) is 12.3. The maximum Gasteiger partial charge on any atom is 0.305 e. The summed E-state index contributed by atoms with van der Waals surface area (Å²) >= 11 is 0. The van der Waals surface area contributed by atoms with Crippen molar-refractivity contribution < 1.29 is 9.90 Å². The highest BCUT2D eigenvalue weighted by molar-refractivity contribution is 5.66. The third-order valence-electron chi connectivity index (χ3n) is 2.24. The number of benzene rings is 1. The molecule has 2 aromatic rings. The van der Waals surface area contributed by atoms with Crippen molar-refractivity contribution in [3.8, 4) is 11.4 Å². The van der Waals surface area contributed by atoms with Crippen molar-refractivity contribution in [2.45, 2.75) is 13.0 Å². The Bertz CT molecular complexity index is 536. The summed E-state index contributed by atoms with van der Waals surface area (Å²) in [7, 11) is 0. The fourth-order valence-electron chi connectivity index (χ4n) is 1.42. The van der Waals surface area contributed by atoms with Gasteiger partial charge in [0.25, 0.3) is 0 Å². The van der Waals surface area contributed by atoms with E-state index in [-0.39, 0.29) is 6.42 Å². The molecule has 0 spiro atoms. The molecular weight excluding hydrogens is 220 g/mol. The van der Waals surface area contributed by atoms with E-state index in [1.165, 1.54) is 11.0 Å². The normalized spacial score (nSPS) is 10.4. The highest BCUT2D eigenvalue weighted by atomic mass is 16.4. The summed E-state index contributed by atoms with van der Waals surface area (Å²) in [5.41, 5.74) is 7.12. The van der Waals surface area contributed by atoms with Gasteiger partial charge in [0.15, 0.2) is 5.82 Å². The molecule has 0 aliphatic rings. The Morgan fingerprint density at radius 2 is 2.29 bits per heavy atom. The van der Waals surface area contributed by atoms with Crippen LogP contribution < -0.4 is 5.73 Å². The van der Waals surface area contributed by atoms with Crippen LogP contribution in [0.2, 0.25) is 0 Å². The van der Waals surface area contributed by atoms with Gasteiger partial charge in [-0.25, -0.2) is 4.98 Å². The minimum absolute atomic E-state index is 0.0275. The van der Waals surface area contributed by atoms with Crippen LogP contribution >= 0.6 is 0 Å². The summed E-state index contributed by atoms with van der Waals surface area (Å²) in [5, 5.41) is 12.7. The number of nitrogen functional groups attached to an aromatic ring is 1. The SMILES string of the molecule is Nc1cccc(-c2ncn(CCC(=O)O)n2)c1. The number of hydrogen-bond acceptors (Lipinski definition) is 4. The molecule has 0 aliphatic heterocycles. The number of aryl methyl sites for hydroxylation is 1. The van der Waals surface area contributed by atoms with E-state index in [1.54, 1.807) is 12.1 Å². The molecule has 1 heterocycles. The molecule has 0 unspecified atom stereocenters. The van der Waals surface area contributed by atoms with Gasteiger partial charge in [-0.15, -0.1) is 0 Å². The molecule has 0 aliphatic carbocycles. The quantitative estimate of drug-likeness (QED) is 0.767. The molecule has 6 nitrogen and oxygen atoms in total. The molecule has 2 rings (SSSR count). The lowest BCUT2D eigenvalue weighted by molar-refractivity contribution is -0.137. The monoisotopic (exact) mass is 232 g/mol. The molecule has 0 atom stereocenters. The van der Waals surface area contributed by atoms with Crippen molar-refractivity contribution in [1.82, 2.24) is 14.8 Å². The minimum Gasteiger partial charge on any atom is -0.481 e. The van der Waals surface area contributed by atoms with Gasteiger partial charge in [-0.05, 0) is 12.1 Å². The summed E-state index contributed by atoms with van der Waals surface area (Å²) in [5.74, 6) is -0.311. The average Bonchev–Trinajstić information content (AvgIpc) is 2.75. The van der Waals surface area contributed by atoms with E-state index in [4.69, 9.17) is 10.8 Å². The molecule has 17 heavy (non-hydrogen) atoms. The van der Waals surface area contributed by atoms with Gasteiger partial charge in [0.05, 0.1) is 13.0 Å². The lowest BCUT2D eigenvalue weighted by Gasteiger charge is -1.97. The molecule has 0 radical (unpaired) electrons. The average molecular weight is 232 g/mol. The summed E-state index contributed by atoms with van der Waals surface area (Å²) in [6, 6.07) is 7.23. The second kappa shape index (κ2) is 4.65. The summed E-state index contributed by atoms with van der Waals surface area (Å²) in [4.78, 5) is 14.5. The van der Waals surface area contributed by atoms with Gasteiger partial charge in [-0.3, -0.25) is 9.48 Å². The Labute approximate surface area is 97.7 Å². The molecule has 0 bridgehead atoms. The number of carbonyl (C=O) groups is 1. The van der Waals surface area contributed by atoms with Crippen molar-refractivity contribution in [1.29, 1.82) is 0 Å².